The third-order valence-corrected chi connectivity index (χ3v) is 7.93. The molecule has 0 spiro atoms. The van der Waals surface area contributed by atoms with Crippen LogP contribution in [-0.2, 0) is 27.4 Å². The number of imide groups is 1. The summed E-state index contributed by atoms with van der Waals surface area (Å²) in [5.41, 5.74) is 3.76. The Labute approximate surface area is 227 Å². The largest absolute Gasteiger partial charge is 0.492 e. The van der Waals surface area contributed by atoms with E-state index in [2.05, 4.69) is 15.5 Å². The van der Waals surface area contributed by atoms with Gasteiger partial charge in [0.15, 0.2) is 6.04 Å². The third kappa shape index (κ3) is 5.73. The number of hydrogen-bond donors (Lipinski definition) is 2. The zero-order valence-corrected chi connectivity index (χ0v) is 22.5. The highest BCUT2D eigenvalue weighted by atomic mass is 16.5. The van der Waals surface area contributed by atoms with E-state index in [1.807, 2.05) is 25.1 Å². The third-order valence-electron chi connectivity index (χ3n) is 7.93. The Kier molecular flexibility index (Phi) is 7.79. The van der Waals surface area contributed by atoms with Crippen molar-refractivity contribution in [3.63, 3.8) is 0 Å². The van der Waals surface area contributed by atoms with Crippen LogP contribution in [0.3, 0.4) is 0 Å². The van der Waals surface area contributed by atoms with Gasteiger partial charge in [-0.15, -0.1) is 0 Å². The Hall–Kier alpha value is -3.60. The van der Waals surface area contributed by atoms with Gasteiger partial charge in [-0.1, -0.05) is 12.1 Å². The zero-order chi connectivity index (χ0) is 27.6. The molecule has 3 aliphatic rings. The highest BCUT2D eigenvalue weighted by Gasteiger charge is 2.51. The molecule has 2 saturated heterocycles. The number of carbonyl (C=O) groups is 4. The van der Waals surface area contributed by atoms with Crippen molar-refractivity contribution >= 4 is 23.6 Å². The first-order chi connectivity index (χ1) is 18.7. The summed E-state index contributed by atoms with van der Waals surface area (Å²) in [7, 11) is 1.75. The molecule has 39 heavy (non-hydrogen) atoms. The number of nitrogens with one attached hydrogen (secondary N) is 2. The van der Waals surface area contributed by atoms with Gasteiger partial charge in [0.05, 0.1) is 25.8 Å². The number of quaternary nitrogens is 1. The lowest BCUT2D eigenvalue weighted by atomic mass is 10.0. The first-order valence-corrected chi connectivity index (χ1v) is 13.4. The molecule has 5 rings (SSSR count). The Bertz CT molecular complexity index is 1300. The smallest absolute Gasteiger partial charge is 0.347 e. The fourth-order valence-corrected chi connectivity index (χ4v) is 5.57. The number of amides is 4. The van der Waals surface area contributed by atoms with Crippen molar-refractivity contribution in [1.82, 2.24) is 15.5 Å². The Morgan fingerprint density at radius 3 is 2.72 bits per heavy atom. The molecule has 0 aliphatic carbocycles. The molecular formula is C29H35N4O6+. The van der Waals surface area contributed by atoms with Crippen LogP contribution in [-0.4, -0.2) is 85.6 Å². The monoisotopic (exact) mass is 535 g/mol. The maximum absolute atomic E-state index is 13.2. The maximum atomic E-state index is 13.2. The molecule has 0 aromatic heterocycles. The Balaban J connectivity index is 1.19. The molecule has 4 amide bonds. The van der Waals surface area contributed by atoms with Crippen LogP contribution >= 0.6 is 0 Å². The lowest BCUT2D eigenvalue weighted by Gasteiger charge is -2.35. The lowest BCUT2D eigenvalue weighted by Crippen LogP contribution is -2.61. The van der Waals surface area contributed by atoms with Crippen molar-refractivity contribution in [2.24, 2.45) is 0 Å². The molecule has 2 fully saturated rings. The topological polar surface area (TPSA) is 114 Å². The van der Waals surface area contributed by atoms with E-state index in [4.69, 9.17) is 9.47 Å². The second kappa shape index (κ2) is 11.3. The van der Waals surface area contributed by atoms with Gasteiger partial charge in [0.1, 0.15) is 18.9 Å². The van der Waals surface area contributed by atoms with E-state index in [1.165, 1.54) is 0 Å². The molecule has 0 saturated carbocycles. The van der Waals surface area contributed by atoms with Crippen molar-refractivity contribution in [2.45, 2.75) is 38.9 Å². The van der Waals surface area contributed by atoms with Gasteiger partial charge in [-0.2, -0.15) is 0 Å². The second-order valence-electron chi connectivity index (χ2n) is 10.7. The van der Waals surface area contributed by atoms with Crippen LogP contribution in [0.1, 0.15) is 50.2 Å². The molecule has 3 aliphatic heterocycles. The summed E-state index contributed by atoms with van der Waals surface area (Å²) >= 11 is 0. The van der Waals surface area contributed by atoms with Gasteiger partial charge in [0.2, 0.25) is 5.91 Å². The SMILES string of the molecule is Cc1ccc(C(=O)NCc2ccc3c(c2)C[N+](C)(C2CCC(=O)NC2=O)C3=O)cc1OCCN1CCOCC1. The van der Waals surface area contributed by atoms with Crippen LogP contribution in [0.25, 0.3) is 0 Å². The van der Waals surface area contributed by atoms with Gasteiger partial charge < -0.3 is 14.8 Å². The lowest BCUT2D eigenvalue weighted by molar-refractivity contribution is -0.855. The molecule has 0 bridgehead atoms. The maximum Gasteiger partial charge on any atom is 0.347 e. The number of fused-ring (bicyclic) bond motifs is 1. The van der Waals surface area contributed by atoms with Crippen LogP contribution < -0.4 is 15.4 Å². The predicted molar refractivity (Wildman–Crippen MR) is 142 cm³/mol. The molecule has 10 heteroatoms. The van der Waals surface area contributed by atoms with E-state index < -0.39 is 11.9 Å². The number of morpholine rings is 1. The van der Waals surface area contributed by atoms with E-state index in [0.717, 1.165) is 49.5 Å². The van der Waals surface area contributed by atoms with E-state index >= 15 is 0 Å². The molecule has 2 atom stereocenters. The molecule has 0 radical (unpaired) electrons. The van der Waals surface area contributed by atoms with E-state index in [1.54, 1.807) is 25.2 Å². The molecule has 10 nitrogen and oxygen atoms in total. The minimum atomic E-state index is -0.599. The van der Waals surface area contributed by atoms with Crippen molar-refractivity contribution < 1.29 is 33.1 Å². The number of rotatable bonds is 8. The first-order valence-electron chi connectivity index (χ1n) is 13.4. The van der Waals surface area contributed by atoms with E-state index in [-0.39, 0.29) is 28.6 Å². The number of likely N-dealkylation sites (N-methyl/N-ethyl adjacent to an activating group) is 1. The van der Waals surface area contributed by atoms with Gasteiger partial charge in [-0.3, -0.25) is 24.6 Å². The number of benzene rings is 2. The predicted octanol–water partition coefficient (Wildman–Crippen LogP) is 1.54. The summed E-state index contributed by atoms with van der Waals surface area (Å²) < 4.78 is 11.3. The summed E-state index contributed by atoms with van der Waals surface area (Å²) in [5.74, 6) is -0.350. The number of ether oxygens (including phenoxy) is 2. The highest BCUT2D eigenvalue weighted by molar-refractivity contribution is 6.02. The fraction of sp³-hybridized carbons (Fsp3) is 0.448. The molecule has 2 aromatic carbocycles. The quantitative estimate of drug-likeness (QED) is 0.389. The van der Waals surface area contributed by atoms with Gasteiger partial charge in [0.25, 0.3) is 11.8 Å². The summed E-state index contributed by atoms with van der Waals surface area (Å²) in [4.78, 5) is 52.6. The van der Waals surface area contributed by atoms with Gasteiger partial charge in [-0.05, 0) is 42.3 Å². The molecule has 2 N–H and O–H groups in total. The van der Waals surface area contributed by atoms with Crippen molar-refractivity contribution in [3.05, 3.63) is 64.2 Å². The van der Waals surface area contributed by atoms with Crippen molar-refractivity contribution in [3.8, 4) is 5.75 Å². The van der Waals surface area contributed by atoms with Crippen molar-refractivity contribution in [1.29, 1.82) is 0 Å². The second-order valence-corrected chi connectivity index (χ2v) is 10.7. The summed E-state index contributed by atoms with van der Waals surface area (Å²) in [6.07, 6.45) is 0.573. The average molecular weight is 536 g/mol. The van der Waals surface area contributed by atoms with Crippen molar-refractivity contribution in [2.75, 3.05) is 46.5 Å². The van der Waals surface area contributed by atoms with E-state index in [0.29, 0.717) is 43.0 Å². The Morgan fingerprint density at radius 1 is 1.15 bits per heavy atom. The van der Waals surface area contributed by atoms with Gasteiger partial charge >= 0.3 is 5.91 Å². The summed E-state index contributed by atoms with van der Waals surface area (Å²) in [5, 5.41) is 5.32. The van der Waals surface area contributed by atoms with Crippen LogP contribution in [0, 0.1) is 6.92 Å². The van der Waals surface area contributed by atoms with E-state index in [9.17, 15) is 19.2 Å². The van der Waals surface area contributed by atoms with Crippen LogP contribution in [0.2, 0.25) is 0 Å². The number of piperidine rings is 1. The zero-order valence-electron chi connectivity index (χ0n) is 22.5. The summed E-state index contributed by atoms with van der Waals surface area (Å²) in [6, 6.07) is 10.3. The number of nitrogens with zero attached hydrogens (tertiary/aromatic N) is 2. The van der Waals surface area contributed by atoms with Gasteiger partial charge in [-0.25, -0.2) is 9.28 Å². The fourth-order valence-electron chi connectivity index (χ4n) is 5.57. The first kappa shape index (κ1) is 27.0. The minimum absolute atomic E-state index is 0.0814. The molecular weight excluding hydrogens is 500 g/mol. The number of aryl methyl sites for hydroxylation is 1. The highest BCUT2D eigenvalue weighted by Crippen LogP contribution is 2.34. The standard InChI is InChI=1S/C29H34N4O6/c1-19-3-5-21(16-25(19)39-14-11-32-9-12-38-13-10-32)27(35)30-17-20-4-6-23-22(15-20)18-33(2,29(23)37)24-7-8-26(34)31-28(24)36/h3-6,15-16,24H,7-14,17-18H2,1-2H3,(H-,30,31,34,35,36)/p+1. The number of hydrogen-bond acceptors (Lipinski definition) is 7. The van der Waals surface area contributed by atoms with Crippen LogP contribution in [0.5, 0.6) is 5.75 Å². The minimum Gasteiger partial charge on any atom is -0.492 e. The molecule has 3 heterocycles. The molecule has 2 unspecified atom stereocenters. The molecule has 206 valence electrons. The average Bonchev–Trinajstić information content (AvgIpc) is 3.18. The molecule has 2 aromatic rings. The summed E-state index contributed by atoms with van der Waals surface area (Å²) in [6.45, 7) is 7.25. The van der Waals surface area contributed by atoms with Crippen LogP contribution in [0.4, 0.5) is 0 Å². The number of carbonyl (C=O) groups excluding carboxylic acids is 4. The van der Waals surface area contributed by atoms with Gasteiger partial charge in [0, 0.05) is 50.1 Å². The Morgan fingerprint density at radius 2 is 1.95 bits per heavy atom. The van der Waals surface area contributed by atoms with Crippen LogP contribution in [0.15, 0.2) is 36.4 Å². The normalized spacial score (nSPS) is 23.3.